The van der Waals surface area contributed by atoms with Crippen molar-refractivity contribution in [1.82, 2.24) is 0 Å². The molecular formula is C15H18O2S2. The molecule has 1 aromatic heterocycles. The van der Waals surface area contributed by atoms with Crippen LogP contribution in [0.2, 0.25) is 0 Å². The molecule has 1 N–H and O–H groups in total. The van der Waals surface area contributed by atoms with Gasteiger partial charge in [-0.15, -0.1) is 11.3 Å². The number of hydrogen-bond acceptors (Lipinski definition) is 3. The summed E-state index contributed by atoms with van der Waals surface area (Å²) < 4.78 is 12.6. The van der Waals surface area contributed by atoms with E-state index in [-0.39, 0.29) is 5.92 Å². The molecule has 0 fully saturated rings. The van der Waals surface area contributed by atoms with E-state index in [1.54, 1.807) is 0 Å². The molecule has 0 spiro atoms. The number of aryl methyl sites for hydroxylation is 1. The molecule has 0 aliphatic rings. The van der Waals surface area contributed by atoms with Gasteiger partial charge in [0.2, 0.25) is 0 Å². The van der Waals surface area contributed by atoms with Gasteiger partial charge in [0.05, 0.1) is 21.8 Å². The largest absolute Gasteiger partial charge is 0.387 e. The summed E-state index contributed by atoms with van der Waals surface area (Å²) in [6.07, 6.45) is -0.551. The molecule has 2 rings (SSSR count). The molecule has 102 valence electrons. The van der Waals surface area contributed by atoms with E-state index in [1.165, 1.54) is 11.3 Å². The summed E-state index contributed by atoms with van der Waals surface area (Å²) >= 11 is 1.47. The fraction of sp³-hybridized carbons (Fsp3) is 0.333. The zero-order chi connectivity index (χ0) is 14.0. The Morgan fingerprint density at radius 2 is 1.79 bits per heavy atom. The second-order valence-corrected chi connectivity index (χ2v) is 7.32. The average Bonchev–Trinajstić information content (AvgIpc) is 2.86. The summed E-state index contributed by atoms with van der Waals surface area (Å²) in [4.78, 5) is 2.32. The summed E-state index contributed by atoms with van der Waals surface area (Å²) in [5, 5.41) is 12.1. The first kappa shape index (κ1) is 14.4. The Balaban J connectivity index is 2.35. The summed E-state index contributed by atoms with van der Waals surface area (Å²) in [6.45, 7) is 5.93. The first-order chi connectivity index (χ1) is 9.00. The van der Waals surface area contributed by atoms with Gasteiger partial charge in [-0.2, -0.15) is 0 Å². The molecule has 4 heteroatoms. The molecule has 0 bridgehead atoms. The molecule has 0 aliphatic heterocycles. The highest BCUT2D eigenvalue weighted by atomic mass is 32.2. The Morgan fingerprint density at radius 1 is 1.16 bits per heavy atom. The van der Waals surface area contributed by atoms with Crippen molar-refractivity contribution in [2.24, 2.45) is 5.92 Å². The van der Waals surface area contributed by atoms with Crippen LogP contribution in [0.25, 0.3) is 0 Å². The van der Waals surface area contributed by atoms with E-state index >= 15 is 0 Å². The highest BCUT2D eigenvalue weighted by Gasteiger charge is 2.21. The van der Waals surface area contributed by atoms with Crippen molar-refractivity contribution in [1.29, 1.82) is 0 Å². The molecule has 2 nitrogen and oxygen atoms in total. The van der Waals surface area contributed by atoms with Crippen molar-refractivity contribution in [3.8, 4) is 0 Å². The predicted molar refractivity (Wildman–Crippen MR) is 80.0 cm³/mol. The molecule has 0 radical (unpaired) electrons. The number of aliphatic hydroxyl groups is 1. The van der Waals surface area contributed by atoms with Crippen LogP contribution in [-0.2, 0) is 10.8 Å². The first-order valence-electron chi connectivity index (χ1n) is 6.24. The van der Waals surface area contributed by atoms with Crippen LogP contribution in [0.3, 0.4) is 0 Å². The highest BCUT2D eigenvalue weighted by Crippen LogP contribution is 2.33. The first-order valence-corrected chi connectivity index (χ1v) is 8.27. The molecule has 0 unspecified atom stereocenters. The lowest BCUT2D eigenvalue weighted by atomic mass is 10.1. The molecule has 0 saturated carbocycles. The van der Waals surface area contributed by atoms with Crippen LogP contribution in [0.1, 0.15) is 30.4 Å². The normalized spacial score (nSPS) is 14.6. The van der Waals surface area contributed by atoms with E-state index in [0.29, 0.717) is 0 Å². The Bertz CT molecular complexity index is 570. The maximum Gasteiger partial charge on any atom is 0.0917 e. The second-order valence-electron chi connectivity index (χ2n) is 4.92. The molecule has 0 amide bonds. The van der Waals surface area contributed by atoms with Crippen molar-refractivity contribution >= 4 is 22.1 Å². The smallest absolute Gasteiger partial charge is 0.0917 e. The van der Waals surface area contributed by atoms with Crippen molar-refractivity contribution in [2.45, 2.75) is 36.7 Å². The van der Waals surface area contributed by atoms with E-state index in [1.807, 2.05) is 56.5 Å². The third-order valence-electron chi connectivity index (χ3n) is 2.99. The zero-order valence-corrected chi connectivity index (χ0v) is 12.9. The van der Waals surface area contributed by atoms with Crippen molar-refractivity contribution in [3.63, 3.8) is 0 Å². The van der Waals surface area contributed by atoms with Gasteiger partial charge in [0.25, 0.3) is 0 Å². The molecule has 19 heavy (non-hydrogen) atoms. The van der Waals surface area contributed by atoms with Gasteiger partial charge in [0, 0.05) is 9.77 Å². The average molecular weight is 294 g/mol. The number of rotatable bonds is 4. The van der Waals surface area contributed by atoms with Gasteiger partial charge < -0.3 is 5.11 Å². The quantitative estimate of drug-likeness (QED) is 0.928. The highest BCUT2D eigenvalue weighted by molar-refractivity contribution is 7.85. The van der Waals surface area contributed by atoms with Crippen molar-refractivity contribution < 1.29 is 9.32 Å². The summed E-state index contributed by atoms with van der Waals surface area (Å²) in [7, 11) is -1.22. The lowest BCUT2D eigenvalue weighted by molar-refractivity contribution is 0.128. The second kappa shape index (κ2) is 5.99. The molecule has 0 aliphatic carbocycles. The Labute approximate surface area is 120 Å². The Hall–Kier alpha value is -0.970. The topological polar surface area (TPSA) is 37.3 Å². The molecular weight excluding hydrogens is 276 g/mol. The van der Waals surface area contributed by atoms with Crippen molar-refractivity contribution in [2.75, 3.05) is 0 Å². The van der Waals surface area contributed by atoms with Crippen LogP contribution in [-0.4, -0.2) is 9.32 Å². The van der Waals surface area contributed by atoms with Gasteiger partial charge in [0.1, 0.15) is 0 Å². The number of benzene rings is 1. The van der Waals surface area contributed by atoms with Gasteiger partial charge in [-0.05, 0) is 36.4 Å². The number of hydrogen-bond donors (Lipinski definition) is 1. The number of aliphatic hydroxyl groups excluding tert-OH is 1. The van der Waals surface area contributed by atoms with Gasteiger partial charge >= 0.3 is 0 Å². The van der Waals surface area contributed by atoms with E-state index in [9.17, 15) is 9.32 Å². The zero-order valence-electron chi connectivity index (χ0n) is 11.3. The van der Waals surface area contributed by atoms with Crippen molar-refractivity contribution in [3.05, 3.63) is 46.2 Å². The maximum atomic E-state index is 12.6. The van der Waals surface area contributed by atoms with Crippen LogP contribution in [0.4, 0.5) is 0 Å². The standard InChI is InChI=1S/C15H18O2S2/c1-10(2)14(16)15-13(8-9-18-15)19(17)12-6-4-11(3)5-7-12/h4-10,14,16H,1-3H3/t14-,19+/m1/s1. The maximum absolute atomic E-state index is 12.6. The molecule has 2 aromatic rings. The summed E-state index contributed by atoms with van der Waals surface area (Å²) in [5.41, 5.74) is 1.15. The molecule has 1 heterocycles. The van der Waals surface area contributed by atoms with E-state index in [4.69, 9.17) is 0 Å². The minimum Gasteiger partial charge on any atom is -0.387 e. The lowest BCUT2D eigenvalue weighted by Gasteiger charge is -2.14. The minimum atomic E-state index is -1.22. The Morgan fingerprint density at radius 3 is 2.37 bits per heavy atom. The van der Waals surface area contributed by atoms with E-state index in [2.05, 4.69) is 0 Å². The van der Waals surface area contributed by atoms with Gasteiger partial charge in [0.15, 0.2) is 0 Å². The van der Waals surface area contributed by atoms with E-state index < -0.39 is 16.9 Å². The fourth-order valence-electron chi connectivity index (χ4n) is 1.77. The summed E-state index contributed by atoms with van der Waals surface area (Å²) in [5.74, 6) is 0.118. The molecule has 0 saturated heterocycles. The van der Waals surface area contributed by atoms with Gasteiger partial charge in [-0.25, -0.2) is 4.21 Å². The van der Waals surface area contributed by atoms with Gasteiger partial charge in [-0.1, -0.05) is 31.5 Å². The van der Waals surface area contributed by atoms with Gasteiger partial charge in [-0.3, -0.25) is 0 Å². The monoisotopic (exact) mass is 294 g/mol. The molecule has 1 aromatic carbocycles. The Kier molecular flexibility index (Phi) is 4.55. The predicted octanol–water partition coefficient (Wildman–Crippen LogP) is 3.91. The van der Waals surface area contributed by atoms with E-state index in [0.717, 1.165) is 20.2 Å². The van der Waals surface area contributed by atoms with Crippen LogP contribution >= 0.6 is 11.3 Å². The molecule has 2 atom stereocenters. The SMILES string of the molecule is Cc1ccc([S@](=O)c2ccsc2[C@H](O)C(C)C)cc1. The lowest BCUT2D eigenvalue weighted by Crippen LogP contribution is -2.06. The summed E-state index contributed by atoms with van der Waals surface area (Å²) in [6, 6.07) is 9.53. The van der Waals surface area contributed by atoms with Crippen LogP contribution in [0, 0.1) is 12.8 Å². The van der Waals surface area contributed by atoms with Crippen LogP contribution in [0.15, 0.2) is 45.5 Å². The minimum absolute atomic E-state index is 0.118. The van der Waals surface area contributed by atoms with Crippen LogP contribution in [0.5, 0.6) is 0 Å². The third-order valence-corrected chi connectivity index (χ3v) is 5.56. The number of thiophene rings is 1. The third kappa shape index (κ3) is 3.14. The van der Waals surface area contributed by atoms with Crippen LogP contribution < -0.4 is 0 Å². The fourth-order valence-corrected chi connectivity index (χ4v) is 4.31.